The van der Waals surface area contributed by atoms with Gasteiger partial charge in [-0.05, 0) is 51.2 Å². The van der Waals surface area contributed by atoms with Gasteiger partial charge >= 0.3 is 5.76 Å². The first kappa shape index (κ1) is 13.8. The summed E-state index contributed by atoms with van der Waals surface area (Å²) in [6, 6.07) is 6.21. The lowest BCUT2D eigenvalue weighted by Gasteiger charge is -2.16. The highest BCUT2D eigenvalue weighted by atomic mass is 16.4. The minimum Gasteiger partial charge on any atom is -0.408 e. The van der Waals surface area contributed by atoms with Gasteiger partial charge < -0.3 is 15.1 Å². The number of hydrogen-bond acceptors (Lipinski definition) is 4. The van der Waals surface area contributed by atoms with Crippen molar-refractivity contribution in [2.45, 2.75) is 18.9 Å². The lowest BCUT2D eigenvalue weighted by molar-refractivity contribution is 0.518. The Labute approximate surface area is 112 Å². The molecule has 0 aliphatic rings. The van der Waals surface area contributed by atoms with Crippen molar-refractivity contribution >= 4 is 11.1 Å². The van der Waals surface area contributed by atoms with E-state index in [-0.39, 0.29) is 5.76 Å². The maximum absolute atomic E-state index is 11.5. The molecule has 0 saturated heterocycles. The third kappa shape index (κ3) is 2.88. The topological polar surface area (TPSA) is 59.2 Å². The van der Waals surface area contributed by atoms with Crippen LogP contribution in [0.4, 0.5) is 0 Å². The summed E-state index contributed by atoms with van der Waals surface area (Å²) in [5.41, 5.74) is 2.67. The molecule has 0 bridgehead atoms. The number of aromatic nitrogens is 1. The molecule has 2 rings (SSSR count). The summed E-state index contributed by atoms with van der Waals surface area (Å²) in [4.78, 5) is 11.5. The molecule has 0 spiro atoms. The van der Waals surface area contributed by atoms with Crippen LogP contribution in [0.25, 0.3) is 11.1 Å². The zero-order chi connectivity index (χ0) is 13.8. The van der Waals surface area contributed by atoms with Gasteiger partial charge in [-0.3, -0.25) is 4.57 Å². The van der Waals surface area contributed by atoms with Crippen LogP contribution in [0.5, 0.6) is 0 Å². The summed E-state index contributed by atoms with van der Waals surface area (Å²) in [6.07, 6.45) is 2.15. The molecule has 2 aromatic rings. The quantitative estimate of drug-likeness (QED) is 0.773. The molecule has 2 N–H and O–H groups in total. The van der Waals surface area contributed by atoms with Crippen molar-refractivity contribution in [3.63, 3.8) is 0 Å². The van der Waals surface area contributed by atoms with Crippen molar-refractivity contribution in [1.82, 2.24) is 15.2 Å². The van der Waals surface area contributed by atoms with Crippen molar-refractivity contribution < 1.29 is 4.42 Å². The Kier molecular flexibility index (Phi) is 4.39. The molecule has 1 aromatic carbocycles. The average molecular weight is 263 g/mol. The lowest BCUT2D eigenvalue weighted by Crippen LogP contribution is -2.18. The minimum atomic E-state index is -0.316. The second-order valence-corrected chi connectivity index (χ2v) is 4.74. The molecule has 0 aliphatic carbocycles. The molecule has 0 radical (unpaired) electrons. The maximum Gasteiger partial charge on any atom is 0.419 e. The standard InChI is InChI=1S/C14H21N3O2/c1-15-8-4-5-11(16-2)10-6-7-13-12(9-10)17(3)14(18)19-13/h6-7,9,11,15-16H,4-5,8H2,1-3H3. The van der Waals surface area contributed by atoms with Gasteiger partial charge in [-0.25, -0.2) is 4.79 Å². The number of rotatable bonds is 6. The van der Waals surface area contributed by atoms with E-state index in [0.717, 1.165) is 24.9 Å². The van der Waals surface area contributed by atoms with Gasteiger partial charge in [-0.2, -0.15) is 0 Å². The van der Waals surface area contributed by atoms with Crippen LogP contribution in [0, 0.1) is 0 Å². The Morgan fingerprint density at radius 3 is 2.84 bits per heavy atom. The molecule has 19 heavy (non-hydrogen) atoms. The van der Waals surface area contributed by atoms with Crippen LogP contribution in [0.2, 0.25) is 0 Å². The van der Waals surface area contributed by atoms with Crippen LogP contribution >= 0.6 is 0 Å². The Hall–Kier alpha value is -1.59. The summed E-state index contributed by atoms with van der Waals surface area (Å²) in [6.45, 7) is 1.00. The lowest BCUT2D eigenvalue weighted by atomic mass is 10.0. The second kappa shape index (κ2) is 6.04. The maximum atomic E-state index is 11.5. The number of benzene rings is 1. The number of nitrogens with zero attached hydrogens (tertiary/aromatic N) is 1. The van der Waals surface area contributed by atoms with E-state index in [0.29, 0.717) is 11.6 Å². The number of aryl methyl sites for hydroxylation is 1. The number of oxazole rings is 1. The van der Waals surface area contributed by atoms with Crippen LogP contribution in [0.15, 0.2) is 27.4 Å². The fraction of sp³-hybridized carbons (Fsp3) is 0.500. The predicted molar refractivity (Wildman–Crippen MR) is 76.4 cm³/mol. The van der Waals surface area contributed by atoms with Crippen LogP contribution in [-0.4, -0.2) is 25.2 Å². The van der Waals surface area contributed by atoms with E-state index in [1.165, 1.54) is 5.56 Å². The Morgan fingerprint density at radius 1 is 1.37 bits per heavy atom. The van der Waals surface area contributed by atoms with Gasteiger partial charge in [0.2, 0.25) is 0 Å². The summed E-state index contributed by atoms with van der Waals surface area (Å²) >= 11 is 0. The van der Waals surface area contributed by atoms with E-state index in [1.54, 1.807) is 11.6 Å². The Morgan fingerprint density at radius 2 is 2.16 bits per heavy atom. The monoisotopic (exact) mass is 263 g/mol. The first-order valence-corrected chi connectivity index (χ1v) is 6.58. The third-order valence-electron chi connectivity index (χ3n) is 3.49. The van der Waals surface area contributed by atoms with Crippen molar-refractivity contribution in [2.24, 2.45) is 7.05 Å². The highest BCUT2D eigenvalue weighted by molar-refractivity contribution is 5.73. The summed E-state index contributed by atoms with van der Waals surface area (Å²) < 4.78 is 6.68. The smallest absolute Gasteiger partial charge is 0.408 e. The molecule has 0 aliphatic heterocycles. The highest BCUT2D eigenvalue weighted by Gasteiger charge is 2.12. The van der Waals surface area contributed by atoms with Gasteiger partial charge in [0.15, 0.2) is 5.58 Å². The molecule has 5 nitrogen and oxygen atoms in total. The zero-order valence-electron chi connectivity index (χ0n) is 11.7. The number of fused-ring (bicyclic) bond motifs is 1. The largest absolute Gasteiger partial charge is 0.419 e. The molecule has 0 amide bonds. The van der Waals surface area contributed by atoms with Gasteiger partial charge in [0.05, 0.1) is 5.52 Å². The van der Waals surface area contributed by atoms with E-state index >= 15 is 0 Å². The van der Waals surface area contributed by atoms with Crippen molar-refractivity contribution in [3.8, 4) is 0 Å². The van der Waals surface area contributed by atoms with Crippen LogP contribution in [-0.2, 0) is 7.05 Å². The first-order chi connectivity index (χ1) is 9.17. The SMILES string of the molecule is CNCCCC(NC)c1ccc2oc(=O)n(C)c2c1. The minimum absolute atomic E-state index is 0.294. The van der Waals surface area contributed by atoms with Gasteiger partial charge in [0.1, 0.15) is 0 Å². The van der Waals surface area contributed by atoms with Gasteiger partial charge in [-0.1, -0.05) is 6.07 Å². The molecule has 5 heteroatoms. The molecule has 104 valence electrons. The van der Waals surface area contributed by atoms with Crippen LogP contribution in [0.1, 0.15) is 24.4 Å². The second-order valence-electron chi connectivity index (χ2n) is 4.74. The molecule has 0 saturated carbocycles. The molecular formula is C14H21N3O2. The number of hydrogen-bond donors (Lipinski definition) is 2. The number of nitrogens with one attached hydrogen (secondary N) is 2. The molecule has 1 heterocycles. The summed E-state index contributed by atoms with van der Waals surface area (Å²) in [5, 5.41) is 6.47. The normalized spacial score (nSPS) is 13.0. The zero-order valence-corrected chi connectivity index (χ0v) is 11.7. The van der Waals surface area contributed by atoms with E-state index in [9.17, 15) is 4.79 Å². The van der Waals surface area contributed by atoms with E-state index in [1.807, 2.05) is 32.3 Å². The molecule has 0 fully saturated rings. The van der Waals surface area contributed by atoms with Crippen LogP contribution < -0.4 is 16.4 Å². The summed E-state index contributed by atoms with van der Waals surface area (Å²) in [7, 11) is 5.65. The Bertz CT molecular complexity index is 600. The molecular weight excluding hydrogens is 242 g/mol. The van der Waals surface area contributed by atoms with Crippen molar-refractivity contribution in [3.05, 3.63) is 34.3 Å². The van der Waals surface area contributed by atoms with Crippen LogP contribution in [0.3, 0.4) is 0 Å². The molecule has 1 unspecified atom stereocenters. The average Bonchev–Trinajstić information content (AvgIpc) is 2.70. The predicted octanol–water partition coefficient (Wildman–Crippen LogP) is 1.39. The summed E-state index contributed by atoms with van der Waals surface area (Å²) in [5.74, 6) is -0.316. The molecule has 1 atom stereocenters. The van der Waals surface area contributed by atoms with Crippen molar-refractivity contribution in [2.75, 3.05) is 20.6 Å². The highest BCUT2D eigenvalue weighted by Crippen LogP contribution is 2.22. The van der Waals surface area contributed by atoms with Crippen molar-refractivity contribution in [1.29, 1.82) is 0 Å². The van der Waals surface area contributed by atoms with Gasteiger partial charge in [-0.15, -0.1) is 0 Å². The van der Waals surface area contributed by atoms with E-state index in [2.05, 4.69) is 10.6 Å². The Balaban J connectivity index is 2.27. The first-order valence-electron chi connectivity index (χ1n) is 6.58. The van der Waals surface area contributed by atoms with Gasteiger partial charge in [0, 0.05) is 13.1 Å². The van der Waals surface area contributed by atoms with E-state index < -0.39 is 0 Å². The fourth-order valence-corrected chi connectivity index (χ4v) is 2.32. The fourth-order valence-electron chi connectivity index (χ4n) is 2.32. The molecule has 1 aromatic heterocycles. The van der Waals surface area contributed by atoms with Gasteiger partial charge in [0.25, 0.3) is 0 Å². The van der Waals surface area contributed by atoms with E-state index in [4.69, 9.17) is 4.42 Å². The third-order valence-corrected chi connectivity index (χ3v) is 3.49.